The van der Waals surface area contributed by atoms with E-state index >= 15 is 0 Å². The second-order valence-corrected chi connectivity index (χ2v) is 3.50. The molecule has 3 N–H and O–H groups in total. The molecule has 0 heterocycles. The van der Waals surface area contributed by atoms with E-state index in [9.17, 15) is 14.0 Å². The minimum absolute atomic E-state index is 0.0881. The number of carbonyl (C=O) groups is 2. The topological polar surface area (TPSA) is 72.2 Å². The summed E-state index contributed by atoms with van der Waals surface area (Å²) in [7, 11) is 0. The van der Waals surface area contributed by atoms with Crippen LogP contribution < -0.4 is 11.1 Å². The zero-order chi connectivity index (χ0) is 12.3. The molecule has 0 saturated heterocycles. The highest BCUT2D eigenvalue weighted by molar-refractivity contribution is 6.06. The number of nitrogens with one attached hydrogen (secondary N) is 1. The average Bonchev–Trinajstić information content (AvgIpc) is 2.19. The van der Waals surface area contributed by atoms with Gasteiger partial charge in [-0.1, -0.05) is 6.07 Å². The van der Waals surface area contributed by atoms with Crippen LogP contribution >= 0.6 is 0 Å². The van der Waals surface area contributed by atoms with Gasteiger partial charge in [-0.25, -0.2) is 4.39 Å². The van der Waals surface area contributed by atoms with Gasteiger partial charge >= 0.3 is 0 Å². The van der Waals surface area contributed by atoms with Gasteiger partial charge in [-0.2, -0.15) is 0 Å². The lowest BCUT2D eigenvalue weighted by molar-refractivity contribution is -0.114. The Morgan fingerprint density at radius 2 is 2.06 bits per heavy atom. The Kier molecular flexibility index (Phi) is 3.73. The van der Waals surface area contributed by atoms with Gasteiger partial charge in [-0.05, 0) is 19.1 Å². The summed E-state index contributed by atoms with van der Waals surface area (Å²) < 4.78 is 13.4. The number of halogens is 1. The van der Waals surface area contributed by atoms with Crippen LogP contribution in [0.3, 0.4) is 0 Å². The number of para-hydroxylation sites is 1. The van der Waals surface area contributed by atoms with Crippen molar-refractivity contribution in [2.75, 3.05) is 5.32 Å². The molecule has 16 heavy (non-hydrogen) atoms. The second-order valence-electron chi connectivity index (χ2n) is 3.50. The standard InChI is InChI=1S/C11H13FN2O2/c1-6(13)11(16)8-4-3-5-9(12)10(8)14-7(2)15/h3-6H,13H2,1-2H3,(H,14,15). The first-order valence-corrected chi connectivity index (χ1v) is 4.79. The van der Waals surface area contributed by atoms with E-state index in [1.54, 1.807) is 0 Å². The van der Waals surface area contributed by atoms with E-state index in [0.29, 0.717) is 0 Å². The molecule has 1 aromatic rings. The molecule has 1 unspecified atom stereocenters. The smallest absolute Gasteiger partial charge is 0.221 e. The van der Waals surface area contributed by atoms with Crippen LogP contribution in [0.1, 0.15) is 24.2 Å². The minimum atomic E-state index is -0.741. The lowest BCUT2D eigenvalue weighted by Gasteiger charge is -2.11. The highest BCUT2D eigenvalue weighted by Crippen LogP contribution is 2.21. The number of nitrogens with two attached hydrogens (primary N) is 1. The lowest BCUT2D eigenvalue weighted by atomic mass is 10.0. The zero-order valence-electron chi connectivity index (χ0n) is 9.08. The molecule has 5 heteroatoms. The number of rotatable bonds is 3. The van der Waals surface area contributed by atoms with Crippen molar-refractivity contribution in [3.8, 4) is 0 Å². The van der Waals surface area contributed by atoms with Crippen molar-refractivity contribution in [3.63, 3.8) is 0 Å². The van der Waals surface area contributed by atoms with Crippen molar-refractivity contribution in [1.29, 1.82) is 0 Å². The van der Waals surface area contributed by atoms with Crippen LogP contribution in [0.4, 0.5) is 10.1 Å². The largest absolute Gasteiger partial charge is 0.323 e. The fourth-order valence-corrected chi connectivity index (χ4v) is 1.28. The molecule has 0 aliphatic carbocycles. The van der Waals surface area contributed by atoms with Crippen LogP contribution in [0.15, 0.2) is 18.2 Å². The van der Waals surface area contributed by atoms with E-state index < -0.39 is 23.5 Å². The van der Waals surface area contributed by atoms with Crippen LogP contribution in [-0.4, -0.2) is 17.7 Å². The SMILES string of the molecule is CC(=O)Nc1c(F)cccc1C(=O)C(C)N. The summed E-state index contributed by atoms with van der Waals surface area (Å²) in [5.74, 6) is -1.51. The molecule has 0 radical (unpaired) electrons. The average molecular weight is 224 g/mol. The molecule has 1 aromatic carbocycles. The summed E-state index contributed by atoms with van der Waals surface area (Å²) in [5, 5.41) is 2.29. The number of hydrogen-bond acceptors (Lipinski definition) is 3. The van der Waals surface area contributed by atoms with Gasteiger partial charge in [0, 0.05) is 12.5 Å². The van der Waals surface area contributed by atoms with Crippen molar-refractivity contribution in [1.82, 2.24) is 0 Å². The van der Waals surface area contributed by atoms with Gasteiger partial charge < -0.3 is 11.1 Å². The Balaban J connectivity index is 3.22. The van der Waals surface area contributed by atoms with Gasteiger partial charge in [0.15, 0.2) is 5.78 Å². The van der Waals surface area contributed by atoms with E-state index in [2.05, 4.69) is 5.32 Å². The van der Waals surface area contributed by atoms with Crippen molar-refractivity contribution < 1.29 is 14.0 Å². The predicted octanol–water partition coefficient (Wildman–Crippen LogP) is 1.31. The van der Waals surface area contributed by atoms with Crippen molar-refractivity contribution >= 4 is 17.4 Å². The van der Waals surface area contributed by atoms with Crippen LogP contribution in [0.2, 0.25) is 0 Å². The first kappa shape index (κ1) is 12.3. The zero-order valence-corrected chi connectivity index (χ0v) is 9.08. The van der Waals surface area contributed by atoms with Gasteiger partial charge in [0.25, 0.3) is 0 Å². The Morgan fingerprint density at radius 3 is 2.56 bits per heavy atom. The second kappa shape index (κ2) is 4.85. The molecule has 1 rings (SSSR count). The molecule has 0 aliphatic rings. The first-order valence-electron chi connectivity index (χ1n) is 4.79. The number of amides is 1. The molecular formula is C11H13FN2O2. The number of ketones is 1. The van der Waals surface area contributed by atoms with Gasteiger partial charge in [-0.15, -0.1) is 0 Å². The lowest BCUT2D eigenvalue weighted by Crippen LogP contribution is -2.28. The normalized spacial score (nSPS) is 12.0. The number of Topliss-reactive ketones (excluding diaryl/α,β-unsaturated/α-hetero) is 1. The Labute approximate surface area is 92.6 Å². The highest BCUT2D eigenvalue weighted by atomic mass is 19.1. The van der Waals surface area contributed by atoms with E-state index in [1.165, 1.54) is 32.0 Å². The number of carbonyl (C=O) groups excluding carboxylic acids is 2. The summed E-state index contributed by atoms with van der Waals surface area (Å²) in [6.07, 6.45) is 0. The van der Waals surface area contributed by atoms with Gasteiger partial charge in [0.05, 0.1) is 11.7 Å². The maximum absolute atomic E-state index is 13.4. The van der Waals surface area contributed by atoms with E-state index in [0.717, 1.165) is 0 Å². The van der Waals surface area contributed by atoms with Crippen molar-refractivity contribution in [3.05, 3.63) is 29.6 Å². The van der Waals surface area contributed by atoms with Crippen molar-refractivity contribution in [2.24, 2.45) is 5.73 Å². The van der Waals surface area contributed by atoms with Crippen LogP contribution in [0.5, 0.6) is 0 Å². The Bertz CT molecular complexity index is 430. The summed E-state index contributed by atoms with van der Waals surface area (Å²) in [4.78, 5) is 22.5. The van der Waals surface area contributed by atoms with Gasteiger partial charge in [0.2, 0.25) is 5.91 Å². The molecule has 1 atom stereocenters. The van der Waals surface area contributed by atoms with E-state index in [1.807, 2.05) is 0 Å². The molecular weight excluding hydrogens is 211 g/mol. The maximum atomic E-state index is 13.4. The third-order valence-corrected chi connectivity index (χ3v) is 1.99. The third kappa shape index (κ3) is 2.64. The van der Waals surface area contributed by atoms with Crippen molar-refractivity contribution in [2.45, 2.75) is 19.9 Å². The van der Waals surface area contributed by atoms with Gasteiger partial charge in [0.1, 0.15) is 5.82 Å². The summed E-state index contributed by atoms with van der Waals surface area (Å²) in [6.45, 7) is 2.75. The molecule has 0 aromatic heterocycles. The fraction of sp³-hybridized carbons (Fsp3) is 0.273. The number of hydrogen-bond donors (Lipinski definition) is 2. The fourth-order valence-electron chi connectivity index (χ4n) is 1.28. The van der Waals surface area contributed by atoms with Crippen LogP contribution in [-0.2, 0) is 4.79 Å². The monoisotopic (exact) mass is 224 g/mol. The van der Waals surface area contributed by atoms with E-state index in [4.69, 9.17) is 5.73 Å². The van der Waals surface area contributed by atoms with Crippen LogP contribution in [0, 0.1) is 5.82 Å². The summed E-state index contributed by atoms with van der Waals surface area (Å²) in [6, 6.07) is 3.26. The summed E-state index contributed by atoms with van der Waals surface area (Å²) >= 11 is 0. The van der Waals surface area contributed by atoms with Crippen LogP contribution in [0.25, 0.3) is 0 Å². The third-order valence-electron chi connectivity index (χ3n) is 1.99. The molecule has 86 valence electrons. The molecule has 1 amide bonds. The molecule has 0 saturated carbocycles. The molecule has 0 spiro atoms. The summed E-state index contributed by atoms with van der Waals surface area (Å²) in [5.41, 5.74) is 5.41. The van der Waals surface area contributed by atoms with E-state index in [-0.39, 0.29) is 11.3 Å². The highest BCUT2D eigenvalue weighted by Gasteiger charge is 2.18. The maximum Gasteiger partial charge on any atom is 0.221 e. The molecule has 0 aliphatic heterocycles. The minimum Gasteiger partial charge on any atom is -0.323 e. The Morgan fingerprint density at radius 1 is 1.44 bits per heavy atom. The number of benzene rings is 1. The number of anilines is 1. The first-order chi connectivity index (χ1) is 7.43. The predicted molar refractivity (Wildman–Crippen MR) is 58.7 cm³/mol. The molecule has 0 bridgehead atoms. The molecule has 4 nitrogen and oxygen atoms in total. The molecule has 0 fully saturated rings. The Hall–Kier alpha value is -1.75. The van der Waals surface area contributed by atoms with Gasteiger partial charge in [-0.3, -0.25) is 9.59 Å². The quantitative estimate of drug-likeness (QED) is 0.760.